The number of phosphoric acid groups is 1. The molecule has 1 N–H and O–H groups in total. The largest absolute Gasteiger partial charge is 0.472 e. The lowest BCUT2D eigenvalue weighted by Gasteiger charge is -2.24. The third-order valence-corrected chi connectivity index (χ3v) is 13.4. The lowest BCUT2D eigenvalue weighted by molar-refractivity contribution is -0.870. The van der Waals surface area contributed by atoms with Crippen LogP contribution in [-0.4, -0.2) is 74.9 Å². The van der Waals surface area contributed by atoms with Crippen LogP contribution in [0.3, 0.4) is 0 Å². The van der Waals surface area contributed by atoms with Crippen LogP contribution in [0.15, 0.2) is 85.1 Å². The maximum Gasteiger partial charge on any atom is 0.472 e. The van der Waals surface area contributed by atoms with Gasteiger partial charge in [0.05, 0.1) is 27.7 Å². The molecule has 0 fully saturated rings. The Hall–Kier alpha value is -2.81. The summed E-state index contributed by atoms with van der Waals surface area (Å²) in [6.07, 6.45) is 71.1. The number of hydrogen-bond acceptors (Lipinski definition) is 7. The van der Waals surface area contributed by atoms with E-state index >= 15 is 0 Å². The Labute approximate surface area is 443 Å². The van der Waals surface area contributed by atoms with E-state index in [-0.39, 0.29) is 26.1 Å². The van der Waals surface area contributed by atoms with Gasteiger partial charge in [-0.1, -0.05) is 234 Å². The number of phosphoric ester groups is 1. The van der Waals surface area contributed by atoms with Crippen LogP contribution >= 0.6 is 7.82 Å². The van der Waals surface area contributed by atoms with Crippen LogP contribution in [0, 0.1) is 0 Å². The number of hydrogen-bond donors (Lipinski definition) is 1. The number of allylic oxidation sites excluding steroid dienone is 14. The molecule has 0 aliphatic carbocycles. The Morgan fingerprint density at radius 3 is 1.12 bits per heavy atom. The van der Waals surface area contributed by atoms with Crippen molar-refractivity contribution < 1.29 is 42.1 Å². The molecule has 0 saturated carbocycles. The van der Waals surface area contributed by atoms with E-state index in [1.165, 1.54) is 128 Å². The molecule has 10 heteroatoms. The van der Waals surface area contributed by atoms with Crippen LogP contribution in [-0.2, 0) is 32.7 Å². The third kappa shape index (κ3) is 56.5. The van der Waals surface area contributed by atoms with Crippen molar-refractivity contribution in [3.63, 3.8) is 0 Å². The van der Waals surface area contributed by atoms with Crippen LogP contribution < -0.4 is 0 Å². The molecule has 2 atom stereocenters. The van der Waals surface area contributed by atoms with Crippen molar-refractivity contribution >= 4 is 19.8 Å². The summed E-state index contributed by atoms with van der Waals surface area (Å²) in [5.74, 6) is -0.829. The van der Waals surface area contributed by atoms with Crippen LogP contribution in [0.1, 0.15) is 245 Å². The molecule has 416 valence electrons. The standard InChI is InChI=1S/C62H110NO8P/c1-6-8-10-12-14-16-18-20-21-22-23-24-25-26-27-28-29-30-31-32-33-34-35-36-37-38-39-40-41-43-45-47-49-51-53-55-62(65)71-60(59-70-72(66,67)69-57-56-63(3,4)5)58-68-61(64)54-52-50-48-46-44-42-19-17-15-13-11-9-7-2/h8-11,14-17,20-21,23-24,42,44,60H,6-7,12-13,18-19,22,25-41,43,45-59H2,1-5H3/p+1/b10-8-,11-9-,16-14-,17-15-,21-20-,24-23-,44-42-. The van der Waals surface area contributed by atoms with Gasteiger partial charge in [0.25, 0.3) is 0 Å². The summed E-state index contributed by atoms with van der Waals surface area (Å²) in [7, 11) is 1.46. The zero-order valence-electron chi connectivity index (χ0n) is 47.1. The molecule has 0 amide bonds. The number of nitrogens with zero attached hydrogens (tertiary/aromatic N) is 1. The van der Waals surface area contributed by atoms with Gasteiger partial charge in [0.1, 0.15) is 19.8 Å². The number of carbonyl (C=O) groups is 2. The second-order valence-corrected chi connectivity index (χ2v) is 22.1. The van der Waals surface area contributed by atoms with Crippen LogP contribution in [0.25, 0.3) is 0 Å². The predicted octanol–water partition coefficient (Wildman–Crippen LogP) is 18.3. The summed E-state index contributed by atoms with van der Waals surface area (Å²) in [5, 5.41) is 0. The first kappa shape index (κ1) is 69.2. The second kappa shape index (κ2) is 53.0. The molecule has 0 aliphatic rings. The van der Waals surface area contributed by atoms with Crippen molar-refractivity contribution in [3.8, 4) is 0 Å². The third-order valence-electron chi connectivity index (χ3n) is 12.4. The van der Waals surface area contributed by atoms with Crippen molar-refractivity contribution in [1.82, 2.24) is 0 Å². The van der Waals surface area contributed by atoms with Crippen molar-refractivity contribution in [2.45, 2.75) is 251 Å². The quantitative estimate of drug-likeness (QED) is 0.0211. The van der Waals surface area contributed by atoms with Gasteiger partial charge in [0.15, 0.2) is 6.10 Å². The number of quaternary nitrogens is 1. The Bertz CT molecular complexity index is 1490. The SMILES string of the molecule is CC/C=C\C/C=C\C/C=C\C/C=C\CCCCCCCCCCCCCCCCCCCCCCCCC(=O)OC(COC(=O)CCCCC/C=C\C/C=C\C/C=C\CC)COP(=O)(O)OCC[N+](C)(C)C. The highest BCUT2D eigenvalue weighted by Gasteiger charge is 2.27. The van der Waals surface area contributed by atoms with Gasteiger partial charge in [-0.25, -0.2) is 4.57 Å². The summed E-state index contributed by atoms with van der Waals surface area (Å²) in [5.41, 5.74) is 0. The normalized spacial score (nSPS) is 13.9. The van der Waals surface area contributed by atoms with Gasteiger partial charge < -0.3 is 18.9 Å². The minimum atomic E-state index is -4.39. The minimum Gasteiger partial charge on any atom is -0.462 e. The Morgan fingerprint density at radius 1 is 0.431 bits per heavy atom. The number of ether oxygens (including phenoxy) is 2. The van der Waals surface area contributed by atoms with E-state index in [1.807, 2.05) is 21.1 Å². The van der Waals surface area contributed by atoms with E-state index in [1.54, 1.807) is 0 Å². The van der Waals surface area contributed by atoms with E-state index in [2.05, 4.69) is 98.9 Å². The highest BCUT2D eigenvalue weighted by Crippen LogP contribution is 2.43. The maximum atomic E-state index is 12.8. The lowest BCUT2D eigenvalue weighted by Crippen LogP contribution is -2.37. The molecule has 0 radical (unpaired) electrons. The first-order chi connectivity index (χ1) is 35.0. The van der Waals surface area contributed by atoms with Gasteiger partial charge >= 0.3 is 19.8 Å². The number of unbranched alkanes of at least 4 members (excludes halogenated alkanes) is 25. The van der Waals surface area contributed by atoms with Crippen LogP contribution in [0.5, 0.6) is 0 Å². The molecule has 2 unspecified atom stereocenters. The average Bonchev–Trinajstić information content (AvgIpc) is 3.34. The van der Waals surface area contributed by atoms with E-state index in [0.717, 1.165) is 77.0 Å². The number of likely N-dealkylation sites (N-methyl/N-ethyl adjacent to an activating group) is 1. The molecule has 0 aromatic heterocycles. The van der Waals surface area contributed by atoms with Crippen molar-refractivity contribution in [2.75, 3.05) is 47.5 Å². The molecular weight excluding hydrogens is 918 g/mol. The average molecular weight is 1030 g/mol. The van der Waals surface area contributed by atoms with Crippen molar-refractivity contribution in [2.24, 2.45) is 0 Å². The molecule has 0 heterocycles. The molecule has 0 saturated heterocycles. The van der Waals surface area contributed by atoms with Gasteiger partial charge in [-0.3, -0.25) is 18.6 Å². The lowest BCUT2D eigenvalue weighted by atomic mass is 10.0. The summed E-state index contributed by atoms with van der Waals surface area (Å²) < 4.78 is 34.5. The van der Waals surface area contributed by atoms with Gasteiger partial charge in [0.2, 0.25) is 0 Å². The summed E-state index contributed by atoms with van der Waals surface area (Å²) in [4.78, 5) is 35.6. The number of carbonyl (C=O) groups excluding carboxylic acids is 2. The van der Waals surface area contributed by atoms with E-state index in [9.17, 15) is 19.0 Å². The molecule has 72 heavy (non-hydrogen) atoms. The highest BCUT2D eigenvalue weighted by atomic mass is 31.2. The first-order valence-corrected chi connectivity index (χ1v) is 30.8. The maximum absolute atomic E-state index is 12.8. The van der Waals surface area contributed by atoms with E-state index < -0.39 is 32.5 Å². The molecule has 0 aliphatic heterocycles. The highest BCUT2D eigenvalue weighted by molar-refractivity contribution is 7.47. The zero-order chi connectivity index (χ0) is 52.7. The molecule has 9 nitrogen and oxygen atoms in total. The molecule has 0 spiro atoms. The molecular formula is C62H111NO8P+. The van der Waals surface area contributed by atoms with Gasteiger partial charge in [-0.05, 0) is 83.5 Å². The first-order valence-electron chi connectivity index (χ1n) is 29.3. The summed E-state index contributed by atoms with van der Waals surface area (Å²) >= 11 is 0. The molecule has 0 aromatic rings. The Morgan fingerprint density at radius 2 is 0.750 bits per heavy atom. The fourth-order valence-corrected chi connectivity index (χ4v) is 8.70. The Balaban J connectivity index is 3.98. The topological polar surface area (TPSA) is 108 Å². The summed E-state index contributed by atoms with van der Waals surface area (Å²) in [6, 6.07) is 0. The fourth-order valence-electron chi connectivity index (χ4n) is 7.96. The zero-order valence-corrected chi connectivity index (χ0v) is 48.0. The molecule has 0 bridgehead atoms. The second-order valence-electron chi connectivity index (χ2n) is 20.6. The molecule has 0 aromatic carbocycles. The van der Waals surface area contributed by atoms with Crippen LogP contribution in [0.4, 0.5) is 0 Å². The van der Waals surface area contributed by atoms with Gasteiger partial charge in [0, 0.05) is 12.8 Å². The smallest absolute Gasteiger partial charge is 0.462 e. The Kier molecular flexibility index (Phi) is 51.0. The van der Waals surface area contributed by atoms with Crippen molar-refractivity contribution in [3.05, 3.63) is 85.1 Å². The van der Waals surface area contributed by atoms with E-state index in [4.69, 9.17) is 18.5 Å². The fraction of sp³-hybridized carbons (Fsp3) is 0.742. The minimum absolute atomic E-state index is 0.0252. The van der Waals surface area contributed by atoms with Gasteiger partial charge in [-0.15, -0.1) is 0 Å². The summed E-state index contributed by atoms with van der Waals surface area (Å²) in [6.45, 7) is 4.18. The van der Waals surface area contributed by atoms with Crippen LogP contribution in [0.2, 0.25) is 0 Å². The number of esters is 2. The van der Waals surface area contributed by atoms with Crippen molar-refractivity contribution in [1.29, 1.82) is 0 Å². The van der Waals surface area contributed by atoms with Gasteiger partial charge in [-0.2, -0.15) is 0 Å². The number of rotatable bonds is 53. The van der Waals surface area contributed by atoms with E-state index in [0.29, 0.717) is 23.9 Å². The molecule has 0 rings (SSSR count). The predicted molar refractivity (Wildman–Crippen MR) is 307 cm³/mol. The monoisotopic (exact) mass is 1030 g/mol.